The number of benzene rings is 1. The highest BCUT2D eigenvalue weighted by molar-refractivity contribution is 8.00. The molecule has 1 N–H and O–H groups in total. The van der Waals surface area contributed by atoms with Crippen molar-refractivity contribution in [2.75, 3.05) is 25.9 Å². The van der Waals surface area contributed by atoms with Gasteiger partial charge in [-0.25, -0.2) is 0 Å². The van der Waals surface area contributed by atoms with Crippen LogP contribution in [-0.4, -0.2) is 51.6 Å². The van der Waals surface area contributed by atoms with Crippen molar-refractivity contribution < 1.29 is 4.52 Å². The van der Waals surface area contributed by atoms with E-state index < -0.39 is 0 Å². The van der Waals surface area contributed by atoms with Gasteiger partial charge in [-0.05, 0) is 26.0 Å². The van der Waals surface area contributed by atoms with Crippen molar-refractivity contribution in [2.24, 2.45) is 4.99 Å². The summed E-state index contributed by atoms with van der Waals surface area (Å²) in [7, 11) is 1.79. The molecule has 1 aromatic carbocycles. The Morgan fingerprint density at radius 3 is 3.04 bits per heavy atom. The van der Waals surface area contributed by atoms with E-state index in [1.54, 1.807) is 7.05 Å². The van der Waals surface area contributed by atoms with Crippen LogP contribution in [0.25, 0.3) is 11.4 Å². The summed E-state index contributed by atoms with van der Waals surface area (Å²) in [6.07, 6.45) is 0. The highest BCUT2D eigenvalue weighted by Gasteiger charge is 2.28. The van der Waals surface area contributed by atoms with Crippen LogP contribution in [-0.2, 0) is 6.54 Å². The van der Waals surface area contributed by atoms with E-state index >= 15 is 0 Å². The first-order valence-electron chi connectivity index (χ1n) is 8.15. The molecule has 2 aromatic rings. The molecule has 0 unspecified atom stereocenters. The van der Waals surface area contributed by atoms with Gasteiger partial charge in [-0.1, -0.05) is 28.9 Å². The molecular weight excluding hydrogens is 358 g/mol. The zero-order chi connectivity index (χ0) is 17.9. The van der Waals surface area contributed by atoms with E-state index in [0.29, 0.717) is 23.3 Å². The molecule has 6 nitrogen and oxygen atoms in total. The van der Waals surface area contributed by atoms with Crippen molar-refractivity contribution in [1.29, 1.82) is 0 Å². The molecule has 0 bridgehead atoms. The summed E-state index contributed by atoms with van der Waals surface area (Å²) >= 11 is 8.00. The molecule has 1 saturated heterocycles. The highest BCUT2D eigenvalue weighted by Crippen LogP contribution is 2.29. The molecule has 1 aliphatic heterocycles. The Bertz CT molecular complexity index is 761. The molecule has 25 heavy (non-hydrogen) atoms. The van der Waals surface area contributed by atoms with Gasteiger partial charge in [-0.2, -0.15) is 16.7 Å². The minimum absolute atomic E-state index is 0.222. The summed E-state index contributed by atoms with van der Waals surface area (Å²) in [6.45, 7) is 6.88. The molecule has 1 aliphatic rings. The minimum Gasteiger partial charge on any atom is -0.347 e. The highest BCUT2D eigenvalue weighted by atomic mass is 35.5. The van der Waals surface area contributed by atoms with E-state index in [4.69, 9.17) is 16.1 Å². The number of halogens is 1. The van der Waals surface area contributed by atoms with Gasteiger partial charge in [0.1, 0.15) is 0 Å². The summed E-state index contributed by atoms with van der Waals surface area (Å²) < 4.78 is 5.56. The second-order valence-electron chi connectivity index (χ2n) is 6.45. The summed E-state index contributed by atoms with van der Waals surface area (Å²) in [6, 6.07) is 7.40. The number of nitrogens with one attached hydrogen (secondary N) is 1. The van der Waals surface area contributed by atoms with Crippen molar-refractivity contribution in [3.63, 3.8) is 0 Å². The summed E-state index contributed by atoms with van der Waals surface area (Å²) in [5, 5.41) is 7.99. The van der Waals surface area contributed by atoms with Crippen molar-refractivity contribution in [3.05, 3.63) is 35.2 Å². The number of nitrogens with zero attached hydrogens (tertiary/aromatic N) is 4. The molecule has 1 aromatic heterocycles. The van der Waals surface area contributed by atoms with E-state index in [1.807, 2.05) is 36.0 Å². The van der Waals surface area contributed by atoms with E-state index in [9.17, 15) is 0 Å². The zero-order valence-corrected chi connectivity index (χ0v) is 16.2. The minimum atomic E-state index is 0.222. The first-order valence-corrected chi connectivity index (χ1v) is 9.51. The van der Waals surface area contributed by atoms with Crippen LogP contribution >= 0.6 is 23.4 Å². The molecule has 1 fully saturated rings. The molecular formula is C17H22ClN5OS. The first kappa shape index (κ1) is 18.1. The van der Waals surface area contributed by atoms with Gasteiger partial charge >= 0.3 is 0 Å². The van der Waals surface area contributed by atoms with Crippen LogP contribution in [0.1, 0.15) is 19.7 Å². The summed E-state index contributed by atoms with van der Waals surface area (Å²) in [5.41, 5.74) is 0.835. The fraction of sp³-hybridized carbons (Fsp3) is 0.471. The first-order chi connectivity index (χ1) is 12.0. The number of hydrogen-bond donors (Lipinski definition) is 1. The fourth-order valence-corrected chi connectivity index (χ4v) is 4.06. The van der Waals surface area contributed by atoms with Gasteiger partial charge in [-0.3, -0.25) is 4.99 Å². The Hall–Kier alpha value is -1.73. The Morgan fingerprint density at radius 2 is 2.32 bits per heavy atom. The molecule has 0 saturated carbocycles. The van der Waals surface area contributed by atoms with Crippen LogP contribution in [0.2, 0.25) is 5.02 Å². The Morgan fingerprint density at radius 1 is 1.48 bits per heavy atom. The third-order valence-corrected chi connectivity index (χ3v) is 5.42. The fourth-order valence-electron chi connectivity index (χ4n) is 2.76. The Labute approximate surface area is 157 Å². The number of aliphatic imine (C=N–C) groups is 1. The molecule has 0 amide bonds. The van der Waals surface area contributed by atoms with Crippen molar-refractivity contribution >= 4 is 29.3 Å². The van der Waals surface area contributed by atoms with Gasteiger partial charge in [0.2, 0.25) is 11.7 Å². The lowest BCUT2D eigenvalue weighted by atomic mass is 10.2. The summed E-state index contributed by atoms with van der Waals surface area (Å²) in [4.78, 5) is 11.1. The second kappa shape index (κ2) is 7.66. The molecule has 8 heteroatoms. The lowest BCUT2D eigenvalue weighted by Gasteiger charge is -2.39. The number of thioether (sulfide) groups is 1. The summed E-state index contributed by atoms with van der Waals surface area (Å²) in [5.74, 6) is 3.00. The van der Waals surface area contributed by atoms with Crippen LogP contribution < -0.4 is 5.32 Å². The van der Waals surface area contributed by atoms with Gasteiger partial charge in [0.25, 0.3) is 0 Å². The van der Waals surface area contributed by atoms with Crippen molar-refractivity contribution in [3.8, 4) is 11.4 Å². The normalized spacial score (nSPS) is 17.6. The third-order valence-electron chi connectivity index (χ3n) is 3.89. The average molecular weight is 380 g/mol. The van der Waals surface area contributed by atoms with Gasteiger partial charge in [0.15, 0.2) is 5.96 Å². The van der Waals surface area contributed by atoms with E-state index in [1.165, 1.54) is 0 Å². The SMILES string of the molecule is CN=C(NCc1nc(-c2cccc(Cl)c2)no1)N1CCSC(C)(C)C1. The average Bonchev–Trinajstić information content (AvgIpc) is 3.04. The quantitative estimate of drug-likeness (QED) is 0.652. The van der Waals surface area contributed by atoms with Gasteiger partial charge in [0, 0.05) is 41.2 Å². The topological polar surface area (TPSA) is 66.5 Å². The monoisotopic (exact) mass is 379 g/mol. The van der Waals surface area contributed by atoms with Gasteiger partial charge in [0.05, 0.1) is 6.54 Å². The van der Waals surface area contributed by atoms with Crippen LogP contribution in [0.4, 0.5) is 0 Å². The molecule has 0 atom stereocenters. The molecule has 0 spiro atoms. The predicted octanol–water partition coefficient (Wildman–Crippen LogP) is 3.29. The Kier molecular flexibility index (Phi) is 5.54. The van der Waals surface area contributed by atoms with E-state index in [-0.39, 0.29) is 4.75 Å². The maximum atomic E-state index is 6.01. The van der Waals surface area contributed by atoms with Crippen molar-refractivity contribution in [2.45, 2.75) is 25.1 Å². The van der Waals surface area contributed by atoms with E-state index in [2.05, 4.69) is 39.2 Å². The van der Waals surface area contributed by atoms with Gasteiger partial charge < -0.3 is 14.7 Å². The molecule has 0 aliphatic carbocycles. The number of aromatic nitrogens is 2. The Balaban J connectivity index is 1.63. The molecule has 2 heterocycles. The smallest absolute Gasteiger partial charge is 0.246 e. The van der Waals surface area contributed by atoms with Crippen molar-refractivity contribution in [1.82, 2.24) is 20.4 Å². The number of guanidine groups is 1. The largest absolute Gasteiger partial charge is 0.347 e. The maximum Gasteiger partial charge on any atom is 0.246 e. The zero-order valence-electron chi connectivity index (χ0n) is 14.6. The standard InChI is InChI=1S/C17H22ClN5OS/c1-17(2)11-23(7-8-25-17)16(19-3)20-10-14-21-15(22-24-14)12-5-4-6-13(18)9-12/h4-6,9H,7-8,10-11H2,1-3H3,(H,19,20). The van der Waals surface area contributed by atoms with Crippen LogP contribution in [0.3, 0.4) is 0 Å². The van der Waals surface area contributed by atoms with Crippen LogP contribution in [0.5, 0.6) is 0 Å². The lowest BCUT2D eigenvalue weighted by molar-refractivity contribution is 0.357. The van der Waals surface area contributed by atoms with E-state index in [0.717, 1.165) is 30.4 Å². The maximum absolute atomic E-state index is 6.01. The predicted molar refractivity (Wildman–Crippen MR) is 103 cm³/mol. The molecule has 3 rings (SSSR count). The number of rotatable bonds is 3. The molecule has 134 valence electrons. The second-order valence-corrected chi connectivity index (χ2v) is 8.69. The van der Waals surface area contributed by atoms with Gasteiger partial charge in [-0.15, -0.1) is 0 Å². The third kappa shape index (κ3) is 4.67. The van der Waals surface area contributed by atoms with Crippen LogP contribution in [0.15, 0.2) is 33.8 Å². The molecule has 0 radical (unpaired) electrons. The van der Waals surface area contributed by atoms with Crippen LogP contribution in [0, 0.1) is 0 Å². The lowest BCUT2D eigenvalue weighted by Crippen LogP contribution is -2.50. The number of hydrogen-bond acceptors (Lipinski definition) is 5.